The van der Waals surface area contributed by atoms with E-state index in [0.717, 1.165) is 0 Å². The summed E-state index contributed by atoms with van der Waals surface area (Å²) in [5, 5.41) is 9.27. The molecule has 0 radical (unpaired) electrons. The van der Waals surface area contributed by atoms with E-state index in [0.29, 0.717) is 18.8 Å². The van der Waals surface area contributed by atoms with Crippen molar-refractivity contribution in [3.8, 4) is 0 Å². The van der Waals surface area contributed by atoms with Crippen LogP contribution in [0.1, 0.15) is 26.2 Å². The Kier molecular flexibility index (Phi) is 4.07. The second-order valence-electron chi connectivity index (χ2n) is 6.02. The Morgan fingerprint density at radius 2 is 1.55 bits per heavy atom. The zero-order valence-electron chi connectivity index (χ0n) is 10.6. The molecule has 0 heterocycles. The van der Waals surface area contributed by atoms with Gasteiger partial charge in [-0.2, -0.15) is 26.3 Å². The van der Waals surface area contributed by atoms with Gasteiger partial charge in [0.15, 0.2) is 0 Å². The molecule has 2 bridgehead atoms. The van der Waals surface area contributed by atoms with Crippen molar-refractivity contribution in [3.05, 3.63) is 0 Å². The SMILES string of the molecule is CC1C2CC(CC(O)(C(F)(F)F)C(F)(F)F)C(C2)C1I. The van der Waals surface area contributed by atoms with E-state index >= 15 is 0 Å². The first kappa shape index (κ1) is 16.6. The second kappa shape index (κ2) is 4.89. The monoisotopic (exact) mass is 416 g/mol. The first-order chi connectivity index (χ1) is 8.88. The van der Waals surface area contributed by atoms with Gasteiger partial charge in [0.2, 0.25) is 0 Å². The van der Waals surface area contributed by atoms with E-state index in [9.17, 15) is 31.4 Å². The van der Waals surface area contributed by atoms with E-state index < -0.39 is 30.3 Å². The number of hydrogen-bond acceptors (Lipinski definition) is 1. The lowest BCUT2D eigenvalue weighted by molar-refractivity contribution is -0.373. The van der Waals surface area contributed by atoms with Crippen molar-refractivity contribution in [3.63, 3.8) is 0 Å². The molecule has 118 valence electrons. The van der Waals surface area contributed by atoms with Crippen molar-refractivity contribution in [2.24, 2.45) is 23.7 Å². The average Bonchev–Trinajstić information content (AvgIpc) is 2.77. The van der Waals surface area contributed by atoms with Gasteiger partial charge in [-0.05, 0) is 42.9 Å². The molecule has 2 aliphatic carbocycles. The van der Waals surface area contributed by atoms with Gasteiger partial charge in [0, 0.05) is 3.92 Å². The lowest BCUT2D eigenvalue weighted by Gasteiger charge is -2.38. The summed E-state index contributed by atoms with van der Waals surface area (Å²) in [6.45, 7) is 1.98. The van der Waals surface area contributed by atoms with Gasteiger partial charge in [-0.25, -0.2) is 0 Å². The Labute approximate surface area is 126 Å². The molecule has 0 aromatic rings. The summed E-state index contributed by atoms with van der Waals surface area (Å²) < 4.78 is 76.3. The van der Waals surface area contributed by atoms with Crippen molar-refractivity contribution in [2.75, 3.05) is 0 Å². The molecule has 0 aromatic carbocycles. The Morgan fingerprint density at radius 1 is 1.05 bits per heavy atom. The van der Waals surface area contributed by atoms with Crippen molar-refractivity contribution >= 4 is 22.6 Å². The molecule has 0 saturated heterocycles. The molecule has 2 aliphatic rings. The van der Waals surface area contributed by atoms with Crippen molar-refractivity contribution in [1.82, 2.24) is 0 Å². The van der Waals surface area contributed by atoms with Crippen LogP contribution in [-0.4, -0.2) is 27.0 Å². The van der Waals surface area contributed by atoms with Gasteiger partial charge in [-0.15, -0.1) is 0 Å². The number of fused-ring (bicyclic) bond motifs is 2. The van der Waals surface area contributed by atoms with Crippen LogP contribution in [0.4, 0.5) is 26.3 Å². The highest BCUT2D eigenvalue weighted by atomic mass is 127. The second-order valence-corrected chi connectivity index (χ2v) is 7.46. The maximum atomic E-state index is 12.7. The van der Waals surface area contributed by atoms with Gasteiger partial charge < -0.3 is 5.11 Å². The smallest absolute Gasteiger partial charge is 0.374 e. The Balaban J connectivity index is 2.20. The van der Waals surface area contributed by atoms with Crippen LogP contribution in [0.25, 0.3) is 0 Å². The maximum absolute atomic E-state index is 12.7. The van der Waals surface area contributed by atoms with Crippen LogP contribution < -0.4 is 0 Å². The highest BCUT2D eigenvalue weighted by Crippen LogP contribution is 2.58. The van der Waals surface area contributed by atoms with E-state index in [1.54, 1.807) is 0 Å². The molecule has 1 N–H and O–H groups in total. The molecule has 1 nitrogen and oxygen atoms in total. The van der Waals surface area contributed by atoms with Crippen LogP contribution in [0, 0.1) is 23.7 Å². The van der Waals surface area contributed by atoms with Gasteiger partial charge in [-0.1, -0.05) is 29.5 Å². The lowest BCUT2D eigenvalue weighted by atomic mass is 9.77. The Morgan fingerprint density at radius 3 is 1.90 bits per heavy atom. The molecule has 5 atom stereocenters. The van der Waals surface area contributed by atoms with E-state index in [1.807, 2.05) is 6.92 Å². The first-order valence-electron chi connectivity index (χ1n) is 6.38. The molecular weight excluding hydrogens is 401 g/mol. The summed E-state index contributed by atoms with van der Waals surface area (Å²) in [6, 6.07) is 0. The van der Waals surface area contributed by atoms with E-state index in [4.69, 9.17) is 0 Å². The van der Waals surface area contributed by atoms with Gasteiger partial charge in [0.05, 0.1) is 0 Å². The molecular formula is C12H15F6IO. The zero-order chi connectivity index (χ0) is 15.5. The lowest BCUT2D eigenvalue weighted by Crippen LogP contribution is -2.58. The summed E-state index contributed by atoms with van der Waals surface area (Å²) in [5.41, 5.74) is -4.59. The van der Waals surface area contributed by atoms with E-state index in [1.165, 1.54) is 0 Å². The fraction of sp³-hybridized carbons (Fsp3) is 1.00. The van der Waals surface area contributed by atoms with Crippen LogP contribution in [0.3, 0.4) is 0 Å². The Hall–Kier alpha value is 0.270. The fourth-order valence-corrected chi connectivity index (χ4v) is 5.15. The number of aliphatic hydroxyl groups is 1. The minimum Gasteiger partial charge on any atom is -0.374 e. The quantitative estimate of drug-likeness (QED) is 0.404. The zero-order valence-corrected chi connectivity index (χ0v) is 12.8. The number of halogens is 7. The summed E-state index contributed by atoms with van der Waals surface area (Å²) in [4.78, 5) is 0. The predicted octanol–water partition coefficient (Wildman–Crippen LogP) is 4.33. The molecule has 0 amide bonds. The summed E-state index contributed by atoms with van der Waals surface area (Å²) in [5.74, 6) is -0.377. The molecule has 0 aliphatic heterocycles. The summed E-state index contributed by atoms with van der Waals surface area (Å²) in [6.07, 6.45) is -11.6. The van der Waals surface area contributed by atoms with Gasteiger partial charge in [0.25, 0.3) is 5.60 Å². The summed E-state index contributed by atoms with van der Waals surface area (Å²) >= 11 is 2.11. The van der Waals surface area contributed by atoms with Gasteiger partial charge in [-0.3, -0.25) is 0 Å². The third-order valence-electron chi connectivity index (χ3n) is 4.94. The first-order valence-corrected chi connectivity index (χ1v) is 7.63. The van der Waals surface area contributed by atoms with Crippen LogP contribution in [0.2, 0.25) is 0 Å². The maximum Gasteiger partial charge on any atom is 0.426 e. The minimum atomic E-state index is -5.69. The predicted molar refractivity (Wildman–Crippen MR) is 68.4 cm³/mol. The third-order valence-corrected chi connectivity index (χ3v) is 6.99. The third kappa shape index (κ3) is 2.44. The van der Waals surface area contributed by atoms with Crippen molar-refractivity contribution < 1.29 is 31.4 Å². The van der Waals surface area contributed by atoms with Gasteiger partial charge in [0.1, 0.15) is 0 Å². The van der Waals surface area contributed by atoms with Crippen LogP contribution in [-0.2, 0) is 0 Å². The minimum absolute atomic E-state index is 0.0852. The standard InChI is InChI=1S/C12H15F6IO/c1-5-6-2-7(8(3-6)9(5)19)4-10(20,11(13,14)15)12(16,17)18/h5-9,20H,2-4H2,1H3. The highest BCUT2D eigenvalue weighted by molar-refractivity contribution is 14.1. The van der Waals surface area contributed by atoms with Crippen LogP contribution >= 0.6 is 22.6 Å². The molecule has 0 spiro atoms. The topological polar surface area (TPSA) is 20.2 Å². The molecule has 8 heteroatoms. The molecule has 0 aromatic heterocycles. The highest BCUT2D eigenvalue weighted by Gasteiger charge is 2.71. The van der Waals surface area contributed by atoms with Crippen molar-refractivity contribution in [1.29, 1.82) is 0 Å². The molecule has 2 rings (SSSR count). The van der Waals surface area contributed by atoms with Crippen LogP contribution in [0.15, 0.2) is 0 Å². The molecule has 2 fully saturated rings. The fourth-order valence-electron chi connectivity index (χ4n) is 3.68. The largest absolute Gasteiger partial charge is 0.426 e. The van der Waals surface area contributed by atoms with Crippen molar-refractivity contribution in [2.45, 2.75) is 48.1 Å². The molecule has 20 heavy (non-hydrogen) atoms. The number of hydrogen-bond donors (Lipinski definition) is 1. The van der Waals surface area contributed by atoms with E-state index in [-0.39, 0.29) is 15.8 Å². The Bertz CT molecular complexity index is 363. The molecule has 2 saturated carbocycles. The van der Waals surface area contributed by atoms with Crippen LogP contribution in [0.5, 0.6) is 0 Å². The number of alkyl halides is 7. The number of rotatable bonds is 2. The van der Waals surface area contributed by atoms with Gasteiger partial charge >= 0.3 is 12.4 Å². The average molecular weight is 416 g/mol. The van der Waals surface area contributed by atoms with E-state index in [2.05, 4.69) is 22.6 Å². The summed E-state index contributed by atoms with van der Waals surface area (Å²) in [7, 11) is 0. The molecule has 5 unspecified atom stereocenters. The normalized spacial score (nSPS) is 38.5.